The molecule has 1 fully saturated rings. The molecule has 1 heterocycles. The minimum absolute atomic E-state index is 0.0613. The van der Waals surface area contributed by atoms with Crippen molar-refractivity contribution in [3.8, 4) is 0 Å². The molecule has 20 heavy (non-hydrogen) atoms. The van der Waals surface area contributed by atoms with Crippen molar-refractivity contribution in [1.82, 2.24) is 15.3 Å². The molecule has 1 aromatic heterocycles. The second-order valence-corrected chi connectivity index (χ2v) is 5.37. The van der Waals surface area contributed by atoms with E-state index >= 15 is 0 Å². The number of nitrogens with one attached hydrogen (secondary N) is 2. The fraction of sp³-hybridized carbons (Fsp3) is 0.333. The summed E-state index contributed by atoms with van der Waals surface area (Å²) in [4.78, 5) is 19.7. The Bertz CT molecular complexity index is 599. The molecule has 1 aliphatic carbocycles. The maximum absolute atomic E-state index is 12.5. The van der Waals surface area contributed by atoms with E-state index < -0.39 is 0 Å². The molecule has 0 spiro atoms. The van der Waals surface area contributed by atoms with Crippen LogP contribution in [0.1, 0.15) is 37.2 Å². The fourth-order valence-corrected chi connectivity index (χ4v) is 2.49. The smallest absolute Gasteiger partial charge is 0.231 e. The summed E-state index contributed by atoms with van der Waals surface area (Å²) in [5.74, 6) is 0.831. The van der Waals surface area contributed by atoms with E-state index in [0.717, 1.165) is 24.2 Å². The first-order chi connectivity index (χ1) is 9.62. The van der Waals surface area contributed by atoms with Gasteiger partial charge in [-0.15, -0.1) is 0 Å². The Kier molecular flexibility index (Phi) is 2.97. The monoisotopic (exact) mass is 270 g/mol. The maximum atomic E-state index is 12.5. The predicted octanol–water partition coefficient (Wildman–Crippen LogP) is 1.90. The van der Waals surface area contributed by atoms with Gasteiger partial charge in [0.05, 0.1) is 11.5 Å². The van der Waals surface area contributed by atoms with Crippen LogP contribution in [0.3, 0.4) is 0 Å². The molecule has 1 unspecified atom stereocenters. The normalized spacial score (nSPS) is 17.4. The van der Waals surface area contributed by atoms with Crippen LogP contribution in [-0.2, 0) is 10.2 Å². The van der Waals surface area contributed by atoms with E-state index in [0.29, 0.717) is 5.69 Å². The Hall–Kier alpha value is -2.30. The number of nitrogens with zero attached hydrogens (tertiary/aromatic N) is 1. The summed E-state index contributed by atoms with van der Waals surface area (Å²) in [7, 11) is 0. The van der Waals surface area contributed by atoms with Gasteiger partial charge in [0.15, 0.2) is 0 Å². The van der Waals surface area contributed by atoms with Gasteiger partial charge in [-0.2, -0.15) is 0 Å². The molecule has 3 rings (SSSR count). The first kappa shape index (κ1) is 12.7. The van der Waals surface area contributed by atoms with E-state index in [2.05, 4.69) is 15.3 Å². The minimum Gasteiger partial charge on any atom is -0.399 e. The zero-order valence-corrected chi connectivity index (χ0v) is 11.4. The second kappa shape index (κ2) is 4.67. The van der Waals surface area contributed by atoms with Crippen LogP contribution in [0.2, 0.25) is 0 Å². The molecule has 1 saturated carbocycles. The molecule has 5 nitrogen and oxygen atoms in total. The highest BCUT2D eigenvalue weighted by Gasteiger charge is 2.51. The van der Waals surface area contributed by atoms with Crippen LogP contribution < -0.4 is 11.1 Å². The minimum atomic E-state index is -0.380. The van der Waals surface area contributed by atoms with Crippen molar-refractivity contribution in [2.75, 3.05) is 5.73 Å². The topological polar surface area (TPSA) is 83.8 Å². The SMILES string of the molecule is CC(NC(=O)C1(c2ccc(N)cc2)CC1)c1ncc[nH]1. The van der Waals surface area contributed by atoms with Crippen LogP contribution in [0.5, 0.6) is 0 Å². The molecular weight excluding hydrogens is 252 g/mol. The standard InChI is InChI=1S/C15H18N4O/c1-10(13-17-8-9-18-13)19-14(20)15(6-7-15)11-2-4-12(16)5-3-11/h2-5,8-10H,6-7,16H2,1H3,(H,17,18)(H,19,20). The van der Waals surface area contributed by atoms with E-state index in [-0.39, 0.29) is 17.4 Å². The number of anilines is 1. The average Bonchev–Trinajstić information content (AvgIpc) is 3.06. The number of benzene rings is 1. The number of carbonyl (C=O) groups excluding carboxylic acids is 1. The number of aromatic nitrogens is 2. The largest absolute Gasteiger partial charge is 0.399 e. The van der Waals surface area contributed by atoms with Crippen molar-refractivity contribution in [1.29, 1.82) is 0 Å². The Morgan fingerprint density at radius 2 is 2.10 bits per heavy atom. The van der Waals surface area contributed by atoms with Crippen molar-refractivity contribution in [3.05, 3.63) is 48.0 Å². The molecule has 5 heteroatoms. The molecule has 0 radical (unpaired) electrons. The van der Waals surface area contributed by atoms with Gasteiger partial charge in [-0.3, -0.25) is 4.79 Å². The third kappa shape index (κ3) is 2.15. The van der Waals surface area contributed by atoms with Crippen molar-refractivity contribution in [2.45, 2.75) is 31.2 Å². The number of H-pyrrole nitrogens is 1. The lowest BCUT2D eigenvalue weighted by Crippen LogP contribution is -2.36. The van der Waals surface area contributed by atoms with Crippen LogP contribution >= 0.6 is 0 Å². The van der Waals surface area contributed by atoms with Gasteiger partial charge in [0.25, 0.3) is 0 Å². The average molecular weight is 270 g/mol. The lowest BCUT2D eigenvalue weighted by molar-refractivity contribution is -0.124. The Balaban J connectivity index is 1.75. The van der Waals surface area contributed by atoms with Gasteiger partial charge in [0.1, 0.15) is 5.82 Å². The zero-order chi connectivity index (χ0) is 14.2. The first-order valence-electron chi connectivity index (χ1n) is 6.78. The number of hydrogen-bond donors (Lipinski definition) is 3. The number of nitrogen functional groups attached to an aromatic ring is 1. The Morgan fingerprint density at radius 1 is 1.40 bits per heavy atom. The molecule has 1 aromatic carbocycles. The predicted molar refractivity (Wildman–Crippen MR) is 76.9 cm³/mol. The van der Waals surface area contributed by atoms with Crippen LogP contribution in [-0.4, -0.2) is 15.9 Å². The van der Waals surface area contributed by atoms with Crippen LogP contribution in [0, 0.1) is 0 Å². The molecule has 104 valence electrons. The molecule has 0 aliphatic heterocycles. The number of amides is 1. The third-order valence-electron chi connectivity index (χ3n) is 3.93. The van der Waals surface area contributed by atoms with Gasteiger partial charge in [-0.05, 0) is 37.5 Å². The molecule has 2 aromatic rings. The highest BCUT2D eigenvalue weighted by molar-refractivity contribution is 5.91. The van der Waals surface area contributed by atoms with E-state index in [1.807, 2.05) is 31.2 Å². The van der Waals surface area contributed by atoms with Crippen LogP contribution in [0.25, 0.3) is 0 Å². The summed E-state index contributed by atoms with van der Waals surface area (Å²) < 4.78 is 0. The fourth-order valence-electron chi connectivity index (χ4n) is 2.49. The van der Waals surface area contributed by atoms with Gasteiger partial charge >= 0.3 is 0 Å². The van der Waals surface area contributed by atoms with Crippen molar-refractivity contribution in [3.63, 3.8) is 0 Å². The number of rotatable bonds is 4. The highest BCUT2D eigenvalue weighted by atomic mass is 16.2. The summed E-state index contributed by atoms with van der Waals surface area (Å²) in [6.45, 7) is 1.93. The lowest BCUT2D eigenvalue weighted by Gasteiger charge is -2.19. The number of nitrogens with two attached hydrogens (primary N) is 1. The van der Waals surface area contributed by atoms with Gasteiger partial charge in [-0.1, -0.05) is 12.1 Å². The first-order valence-corrected chi connectivity index (χ1v) is 6.78. The van der Waals surface area contributed by atoms with Crippen LogP contribution in [0.4, 0.5) is 5.69 Å². The summed E-state index contributed by atoms with van der Waals surface area (Å²) >= 11 is 0. The molecule has 1 atom stereocenters. The molecular formula is C15H18N4O. The number of imidazole rings is 1. The molecule has 1 amide bonds. The van der Waals surface area contributed by atoms with Gasteiger partial charge < -0.3 is 16.0 Å². The Morgan fingerprint density at radius 3 is 2.65 bits per heavy atom. The van der Waals surface area contributed by atoms with Gasteiger partial charge in [0.2, 0.25) is 5.91 Å². The highest BCUT2D eigenvalue weighted by Crippen LogP contribution is 2.48. The van der Waals surface area contributed by atoms with Gasteiger partial charge in [-0.25, -0.2) is 4.98 Å². The summed E-state index contributed by atoms with van der Waals surface area (Å²) in [5.41, 5.74) is 7.07. The number of carbonyl (C=O) groups is 1. The second-order valence-electron chi connectivity index (χ2n) is 5.37. The molecule has 4 N–H and O–H groups in total. The zero-order valence-electron chi connectivity index (χ0n) is 11.4. The lowest BCUT2D eigenvalue weighted by atomic mass is 9.94. The molecule has 1 aliphatic rings. The van der Waals surface area contributed by atoms with E-state index in [1.165, 1.54) is 0 Å². The maximum Gasteiger partial charge on any atom is 0.231 e. The Labute approximate surface area is 117 Å². The summed E-state index contributed by atoms with van der Waals surface area (Å²) in [6, 6.07) is 7.46. The van der Waals surface area contributed by atoms with Gasteiger partial charge in [0, 0.05) is 18.1 Å². The van der Waals surface area contributed by atoms with Crippen molar-refractivity contribution < 1.29 is 4.79 Å². The van der Waals surface area contributed by atoms with Crippen molar-refractivity contribution in [2.24, 2.45) is 0 Å². The van der Waals surface area contributed by atoms with E-state index in [9.17, 15) is 4.79 Å². The third-order valence-corrected chi connectivity index (χ3v) is 3.93. The molecule has 0 saturated heterocycles. The number of aromatic amines is 1. The number of hydrogen-bond acceptors (Lipinski definition) is 3. The van der Waals surface area contributed by atoms with E-state index in [4.69, 9.17) is 5.73 Å². The van der Waals surface area contributed by atoms with E-state index in [1.54, 1.807) is 12.4 Å². The quantitative estimate of drug-likeness (QED) is 0.742. The molecule has 0 bridgehead atoms. The summed E-state index contributed by atoms with van der Waals surface area (Å²) in [6.07, 6.45) is 5.21. The van der Waals surface area contributed by atoms with Crippen molar-refractivity contribution >= 4 is 11.6 Å². The summed E-state index contributed by atoms with van der Waals surface area (Å²) in [5, 5.41) is 3.03. The van der Waals surface area contributed by atoms with Crippen LogP contribution in [0.15, 0.2) is 36.7 Å².